The Hall–Kier alpha value is -2.00. The van der Waals surface area contributed by atoms with E-state index in [0.29, 0.717) is 0 Å². The van der Waals surface area contributed by atoms with Crippen LogP contribution in [-0.4, -0.2) is 17.7 Å². The van der Waals surface area contributed by atoms with Crippen molar-refractivity contribution in [3.05, 3.63) is 34.4 Å². The van der Waals surface area contributed by atoms with Gasteiger partial charge in [-0.2, -0.15) is 5.26 Å². The fourth-order valence-electron chi connectivity index (χ4n) is 1.54. The molecule has 0 aliphatic rings. The highest BCUT2D eigenvalue weighted by molar-refractivity contribution is 5.92. The van der Waals surface area contributed by atoms with E-state index < -0.39 is 24.6 Å². The van der Waals surface area contributed by atoms with Gasteiger partial charge >= 0.3 is 5.97 Å². The minimum absolute atomic E-state index is 0.0692. The molecule has 0 aliphatic heterocycles. The van der Waals surface area contributed by atoms with E-state index in [2.05, 4.69) is 0 Å². The highest BCUT2D eigenvalue weighted by atomic mass is 19.3. The summed E-state index contributed by atoms with van der Waals surface area (Å²) in [6.45, 7) is 1.02. The molecule has 1 rings (SSSR count). The van der Waals surface area contributed by atoms with Crippen LogP contribution < -0.4 is 0 Å². The number of hydrogen-bond donors (Lipinski definition) is 1. The first-order chi connectivity index (χ1) is 8.56. The molecule has 0 unspecified atom stereocenters. The maximum Gasteiger partial charge on any atom is 0.338 e. The largest absolute Gasteiger partial charge is 0.462 e. The predicted molar refractivity (Wildman–Crippen MR) is 58.0 cm³/mol. The van der Waals surface area contributed by atoms with Crippen molar-refractivity contribution in [3.8, 4) is 6.07 Å². The third-order valence-corrected chi connectivity index (χ3v) is 2.35. The zero-order valence-electron chi connectivity index (χ0n) is 9.61. The van der Waals surface area contributed by atoms with Crippen molar-refractivity contribution in [3.63, 3.8) is 0 Å². The highest BCUT2D eigenvalue weighted by Crippen LogP contribution is 2.27. The summed E-state index contributed by atoms with van der Waals surface area (Å²) >= 11 is 0. The maximum atomic E-state index is 12.7. The predicted octanol–water partition coefficient (Wildman–Crippen LogP) is 2.16. The van der Waals surface area contributed by atoms with Gasteiger partial charge < -0.3 is 9.84 Å². The molecule has 0 fully saturated rings. The van der Waals surface area contributed by atoms with Crippen molar-refractivity contribution in [1.82, 2.24) is 0 Å². The second-order valence-electron chi connectivity index (χ2n) is 3.35. The Kier molecular flexibility index (Phi) is 4.75. The first-order valence-corrected chi connectivity index (χ1v) is 5.18. The number of benzene rings is 1. The molecule has 0 aliphatic carbocycles. The van der Waals surface area contributed by atoms with Gasteiger partial charge in [0.15, 0.2) is 0 Å². The van der Waals surface area contributed by atoms with E-state index in [1.54, 1.807) is 13.0 Å². The number of ether oxygens (including phenoxy) is 1. The van der Waals surface area contributed by atoms with Crippen LogP contribution >= 0.6 is 0 Å². The fourth-order valence-corrected chi connectivity index (χ4v) is 1.54. The lowest BCUT2D eigenvalue weighted by atomic mass is 9.97. The second kappa shape index (κ2) is 6.07. The number of carbonyl (C=O) groups is 1. The van der Waals surface area contributed by atoms with Crippen LogP contribution in [0.15, 0.2) is 12.1 Å². The summed E-state index contributed by atoms with van der Waals surface area (Å²) < 4.78 is 30.0. The summed E-state index contributed by atoms with van der Waals surface area (Å²) in [6.07, 6.45) is -2.85. The van der Waals surface area contributed by atoms with E-state index in [0.717, 1.165) is 12.1 Å². The number of esters is 1. The Balaban J connectivity index is 3.40. The lowest BCUT2D eigenvalue weighted by Crippen LogP contribution is -2.11. The number of aliphatic hydroxyl groups excluding tert-OH is 1. The molecule has 0 aromatic heterocycles. The van der Waals surface area contributed by atoms with E-state index in [1.807, 2.05) is 0 Å². The van der Waals surface area contributed by atoms with Crippen LogP contribution in [0.2, 0.25) is 0 Å². The molecule has 0 atom stereocenters. The number of nitrogens with zero attached hydrogens (tertiary/aromatic N) is 1. The molecule has 18 heavy (non-hydrogen) atoms. The number of rotatable bonds is 4. The van der Waals surface area contributed by atoms with Crippen LogP contribution in [0.5, 0.6) is 0 Å². The Morgan fingerprint density at radius 1 is 1.56 bits per heavy atom. The molecule has 0 saturated carbocycles. The van der Waals surface area contributed by atoms with Crippen molar-refractivity contribution in [2.45, 2.75) is 20.0 Å². The molecule has 0 spiro atoms. The molecular weight excluding hydrogens is 244 g/mol. The van der Waals surface area contributed by atoms with Gasteiger partial charge in [-0.1, -0.05) is 6.07 Å². The summed E-state index contributed by atoms with van der Waals surface area (Å²) in [7, 11) is 0. The molecule has 0 amide bonds. The van der Waals surface area contributed by atoms with Crippen molar-refractivity contribution in [2.24, 2.45) is 0 Å². The lowest BCUT2D eigenvalue weighted by molar-refractivity contribution is 0.0522. The topological polar surface area (TPSA) is 70.3 Å². The van der Waals surface area contributed by atoms with Gasteiger partial charge in [-0.3, -0.25) is 0 Å². The van der Waals surface area contributed by atoms with Gasteiger partial charge in [0.25, 0.3) is 6.43 Å². The molecule has 4 nitrogen and oxygen atoms in total. The molecule has 0 heterocycles. The molecule has 1 aromatic rings. The van der Waals surface area contributed by atoms with Crippen LogP contribution in [0.1, 0.15) is 40.4 Å². The summed E-state index contributed by atoms with van der Waals surface area (Å²) in [5.74, 6) is -0.751. The summed E-state index contributed by atoms with van der Waals surface area (Å²) in [6, 6.07) is 3.71. The normalized spacial score (nSPS) is 10.2. The Labute approximate surface area is 102 Å². The van der Waals surface area contributed by atoms with E-state index in [1.165, 1.54) is 0 Å². The highest BCUT2D eigenvalue weighted by Gasteiger charge is 2.22. The molecule has 96 valence electrons. The summed E-state index contributed by atoms with van der Waals surface area (Å²) in [5.41, 5.74) is -1.08. The monoisotopic (exact) mass is 255 g/mol. The molecular formula is C12H11F2NO3. The average Bonchev–Trinajstić information content (AvgIpc) is 2.36. The first-order valence-electron chi connectivity index (χ1n) is 5.18. The van der Waals surface area contributed by atoms with Gasteiger partial charge in [0.1, 0.15) is 6.07 Å². The Bertz CT molecular complexity index is 495. The van der Waals surface area contributed by atoms with Crippen molar-refractivity contribution < 1.29 is 23.4 Å². The third kappa shape index (κ3) is 2.63. The molecule has 6 heteroatoms. The van der Waals surface area contributed by atoms with Gasteiger partial charge in [0.2, 0.25) is 0 Å². The van der Waals surface area contributed by atoms with Crippen LogP contribution in [0.3, 0.4) is 0 Å². The maximum absolute atomic E-state index is 12.7. The molecule has 0 bridgehead atoms. The van der Waals surface area contributed by atoms with Gasteiger partial charge in [-0.25, -0.2) is 13.6 Å². The zero-order chi connectivity index (χ0) is 13.7. The van der Waals surface area contributed by atoms with Crippen molar-refractivity contribution in [2.75, 3.05) is 6.61 Å². The van der Waals surface area contributed by atoms with Gasteiger partial charge in [0, 0.05) is 11.1 Å². The number of nitriles is 1. The van der Waals surface area contributed by atoms with Gasteiger partial charge in [-0.05, 0) is 13.0 Å². The fraction of sp³-hybridized carbons (Fsp3) is 0.333. The van der Waals surface area contributed by atoms with E-state index in [-0.39, 0.29) is 23.3 Å². The average molecular weight is 255 g/mol. The molecule has 1 N–H and O–H groups in total. The number of carbonyl (C=O) groups excluding carboxylic acids is 1. The number of aliphatic hydroxyl groups is 1. The standard InChI is InChI=1S/C12H11F2NO3/c1-2-18-12(17)8-4-3-7(11(13)14)9(5-15)10(8)6-16/h3-4,11,16H,2,6H2,1H3. The first kappa shape index (κ1) is 14.1. The minimum Gasteiger partial charge on any atom is -0.462 e. The van der Waals surface area contributed by atoms with E-state index in [9.17, 15) is 13.6 Å². The van der Waals surface area contributed by atoms with Gasteiger partial charge in [-0.15, -0.1) is 0 Å². The van der Waals surface area contributed by atoms with Crippen LogP contribution in [-0.2, 0) is 11.3 Å². The Morgan fingerprint density at radius 2 is 2.22 bits per heavy atom. The lowest BCUT2D eigenvalue weighted by Gasteiger charge is -2.11. The number of hydrogen-bond acceptors (Lipinski definition) is 4. The molecule has 0 saturated heterocycles. The number of halogens is 2. The molecule has 1 aromatic carbocycles. The zero-order valence-corrected chi connectivity index (χ0v) is 9.61. The van der Waals surface area contributed by atoms with Gasteiger partial charge in [0.05, 0.1) is 24.3 Å². The quantitative estimate of drug-likeness (QED) is 0.837. The summed E-state index contributed by atoms with van der Waals surface area (Å²) in [4.78, 5) is 11.5. The van der Waals surface area contributed by atoms with Crippen molar-refractivity contribution in [1.29, 1.82) is 5.26 Å². The summed E-state index contributed by atoms with van der Waals surface area (Å²) in [5, 5.41) is 18.0. The van der Waals surface area contributed by atoms with E-state index in [4.69, 9.17) is 15.1 Å². The van der Waals surface area contributed by atoms with Crippen LogP contribution in [0.25, 0.3) is 0 Å². The molecule has 0 radical (unpaired) electrons. The third-order valence-electron chi connectivity index (χ3n) is 2.35. The van der Waals surface area contributed by atoms with Crippen molar-refractivity contribution >= 4 is 5.97 Å². The minimum atomic E-state index is -2.85. The van der Waals surface area contributed by atoms with Crippen LogP contribution in [0.4, 0.5) is 8.78 Å². The Morgan fingerprint density at radius 3 is 2.67 bits per heavy atom. The smallest absolute Gasteiger partial charge is 0.338 e. The SMILES string of the molecule is CCOC(=O)c1ccc(C(F)F)c(C#N)c1CO. The second-order valence-corrected chi connectivity index (χ2v) is 3.35. The number of alkyl halides is 2. The van der Waals surface area contributed by atoms with E-state index >= 15 is 0 Å². The van der Waals surface area contributed by atoms with Crippen LogP contribution in [0, 0.1) is 11.3 Å².